The normalized spacial score (nSPS) is 13.4. The van der Waals surface area contributed by atoms with E-state index in [1.165, 1.54) is 18.3 Å². The van der Waals surface area contributed by atoms with E-state index >= 15 is 0 Å². The average Bonchev–Trinajstić information content (AvgIpc) is 2.93. The predicted molar refractivity (Wildman–Crippen MR) is 159 cm³/mol. The number of carbonyl (C=O) groups excluding carboxylic acids is 1. The third kappa shape index (κ3) is 6.17. The highest BCUT2D eigenvalue weighted by molar-refractivity contribution is 5.89. The fraction of sp³-hybridized carbons (Fsp3) is 0.212. The Morgan fingerprint density at radius 3 is 2.59 bits per heavy atom. The topological polar surface area (TPSA) is 81.7 Å². The van der Waals surface area contributed by atoms with Crippen molar-refractivity contribution in [2.75, 3.05) is 17.7 Å². The lowest BCUT2D eigenvalue weighted by atomic mass is 9.85. The quantitative estimate of drug-likeness (QED) is 0.241. The first-order valence-electron chi connectivity index (χ1n) is 13.2. The van der Waals surface area contributed by atoms with Crippen LogP contribution in [0.1, 0.15) is 37.5 Å². The van der Waals surface area contributed by atoms with Crippen LogP contribution in [0.2, 0.25) is 0 Å². The maximum absolute atomic E-state index is 14.0. The molecule has 1 aliphatic rings. The number of nitrogens with zero attached hydrogens (tertiary/aromatic N) is 1. The summed E-state index contributed by atoms with van der Waals surface area (Å²) in [5.74, 6) is 0.961. The van der Waals surface area contributed by atoms with Crippen LogP contribution in [0.25, 0.3) is 16.7 Å². The number of aryl methyl sites for hydroxylation is 1. The first kappa shape index (κ1) is 27.7. The summed E-state index contributed by atoms with van der Waals surface area (Å²) in [5.41, 5.74) is 6.85. The number of rotatable bonds is 7. The molecule has 210 valence electrons. The van der Waals surface area contributed by atoms with Gasteiger partial charge in [0.2, 0.25) is 0 Å². The van der Waals surface area contributed by atoms with Gasteiger partial charge < -0.3 is 19.5 Å². The average molecular weight is 554 g/mol. The van der Waals surface area contributed by atoms with Gasteiger partial charge in [-0.25, -0.2) is 9.18 Å². The first-order chi connectivity index (χ1) is 19.6. The molecule has 0 spiro atoms. The van der Waals surface area contributed by atoms with Gasteiger partial charge in [0.1, 0.15) is 29.7 Å². The van der Waals surface area contributed by atoms with Crippen molar-refractivity contribution in [1.29, 1.82) is 0 Å². The molecule has 1 amide bonds. The molecular weight excluding hydrogens is 521 g/mol. The second kappa shape index (κ2) is 11.3. The molecule has 8 heteroatoms. The van der Waals surface area contributed by atoms with E-state index in [4.69, 9.17) is 14.2 Å². The molecule has 0 radical (unpaired) electrons. The van der Waals surface area contributed by atoms with E-state index in [0.717, 1.165) is 39.1 Å². The summed E-state index contributed by atoms with van der Waals surface area (Å²) >= 11 is 0. The molecule has 2 N–H and O–H groups in total. The molecule has 41 heavy (non-hydrogen) atoms. The van der Waals surface area contributed by atoms with E-state index in [-0.39, 0.29) is 18.0 Å². The predicted octanol–water partition coefficient (Wildman–Crippen LogP) is 8.00. The van der Waals surface area contributed by atoms with Crippen LogP contribution >= 0.6 is 0 Å². The fourth-order valence-electron chi connectivity index (χ4n) is 5.13. The van der Waals surface area contributed by atoms with Crippen molar-refractivity contribution < 1.29 is 23.4 Å². The molecule has 0 atom stereocenters. The van der Waals surface area contributed by atoms with E-state index in [1.54, 1.807) is 43.6 Å². The van der Waals surface area contributed by atoms with E-state index in [2.05, 4.69) is 42.5 Å². The Bertz CT molecular complexity index is 1630. The summed E-state index contributed by atoms with van der Waals surface area (Å²) in [6.45, 7) is 8.40. The number of pyridine rings is 1. The molecule has 1 aliphatic heterocycles. The van der Waals surface area contributed by atoms with Crippen LogP contribution in [0.5, 0.6) is 17.2 Å². The number of nitrogens with one attached hydrogen (secondary N) is 2. The number of methoxy groups -OCH3 is 1. The van der Waals surface area contributed by atoms with Crippen LogP contribution in [0, 0.1) is 12.7 Å². The van der Waals surface area contributed by atoms with Crippen LogP contribution in [-0.4, -0.2) is 23.7 Å². The van der Waals surface area contributed by atoms with Gasteiger partial charge in [0.15, 0.2) is 0 Å². The van der Waals surface area contributed by atoms with E-state index in [9.17, 15) is 9.18 Å². The summed E-state index contributed by atoms with van der Waals surface area (Å²) in [4.78, 5) is 16.4. The Morgan fingerprint density at radius 2 is 1.83 bits per heavy atom. The molecular formula is C33H32FN3O4. The molecule has 0 saturated heterocycles. The smallest absolute Gasteiger partial charge is 0.417 e. The van der Waals surface area contributed by atoms with Crippen LogP contribution in [0.15, 0.2) is 79.1 Å². The van der Waals surface area contributed by atoms with Crippen molar-refractivity contribution in [3.63, 3.8) is 0 Å². The zero-order valence-electron chi connectivity index (χ0n) is 23.7. The lowest BCUT2D eigenvalue weighted by Crippen LogP contribution is -2.32. The Hall–Kier alpha value is -4.85. The highest BCUT2D eigenvalue weighted by atomic mass is 19.1. The summed E-state index contributed by atoms with van der Waals surface area (Å²) < 4.78 is 31.5. The zero-order chi connectivity index (χ0) is 29.1. The Morgan fingerprint density at radius 1 is 1.02 bits per heavy atom. The minimum Gasteiger partial charge on any atom is -0.496 e. The highest BCUT2D eigenvalue weighted by Crippen LogP contribution is 2.43. The van der Waals surface area contributed by atoms with E-state index in [0.29, 0.717) is 22.9 Å². The summed E-state index contributed by atoms with van der Waals surface area (Å²) in [6.07, 6.45) is 4.69. The second-order valence-corrected chi connectivity index (χ2v) is 10.5. The number of ether oxygens (including phenoxy) is 3. The molecule has 2 heterocycles. The van der Waals surface area contributed by atoms with E-state index in [1.807, 2.05) is 25.1 Å². The van der Waals surface area contributed by atoms with E-state index < -0.39 is 6.09 Å². The number of amides is 1. The molecule has 0 bridgehead atoms. The van der Waals surface area contributed by atoms with Crippen LogP contribution in [-0.2, 0) is 6.61 Å². The number of anilines is 2. The van der Waals surface area contributed by atoms with Gasteiger partial charge in [0.05, 0.1) is 24.5 Å². The number of halogens is 1. The number of aromatic nitrogens is 1. The summed E-state index contributed by atoms with van der Waals surface area (Å²) in [6, 6.07) is 17.3. The number of carbonyl (C=O) groups is 1. The van der Waals surface area contributed by atoms with Crippen LogP contribution in [0.3, 0.4) is 0 Å². The van der Waals surface area contributed by atoms with Gasteiger partial charge in [-0.3, -0.25) is 10.3 Å². The third-order valence-corrected chi connectivity index (χ3v) is 6.85. The van der Waals surface area contributed by atoms with Gasteiger partial charge in [0.25, 0.3) is 0 Å². The van der Waals surface area contributed by atoms with Gasteiger partial charge in [-0.15, -0.1) is 0 Å². The lowest BCUT2D eigenvalue weighted by molar-refractivity contribution is 0.215. The molecule has 1 aromatic heterocycles. The molecule has 0 aliphatic carbocycles. The molecule has 4 aromatic rings. The number of allylic oxidation sites excluding steroid dienone is 1. The highest BCUT2D eigenvalue weighted by Gasteiger charge is 2.27. The zero-order valence-corrected chi connectivity index (χ0v) is 23.7. The number of hydrogen-bond acceptors (Lipinski definition) is 6. The third-order valence-electron chi connectivity index (χ3n) is 6.85. The molecule has 0 fully saturated rings. The van der Waals surface area contributed by atoms with Crippen molar-refractivity contribution in [2.45, 2.75) is 39.8 Å². The van der Waals surface area contributed by atoms with Crippen LogP contribution in [0.4, 0.5) is 20.6 Å². The number of fused-ring (bicyclic) bond motifs is 1. The number of hydrogen-bond donors (Lipinski definition) is 2. The fourth-order valence-corrected chi connectivity index (χ4v) is 5.13. The summed E-state index contributed by atoms with van der Waals surface area (Å²) in [7, 11) is 1.57. The van der Waals surface area contributed by atoms with Crippen molar-refractivity contribution in [1.82, 2.24) is 4.98 Å². The van der Waals surface area contributed by atoms with Gasteiger partial charge in [-0.2, -0.15) is 0 Å². The summed E-state index contributed by atoms with van der Waals surface area (Å²) in [5, 5.41) is 6.24. The minimum absolute atomic E-state index is 0.199. The second-order valence-electron chi connectivity index (χ2n) is 10.5. The lowest BCUT2D eigenvalue weighted by Gasteiger charge is -2.33. The standard InChI is InChI=1S/C33H32FN3O4/c1-20-8-9-22(34)15-29(20)40-19-27-25(12-13-28-31(27)21(2)17-33(3,4)37-28)26-11-10-24(16-30(26)39-5)41-32(38)36-23-7-6-14-35-18-23/h6-18,37H,19H2,1-5H3,(H,36,38). The van der Waals surface area contributed by atoms with Gasteiger partial charge in [0, 0.05) is 40.7 Å². The van der Waals surface area contributed by atoms with Crippen LogP contribution < -0.4 is 24.8 Å². The SMILES string of the molecule is COc1cc(OC(=O)Nc2cccnc2)ccc1-c1ccc2c(c1COc1cc(F)ccc1C)C(C)=CC(C)(C)N2. The Kier molecular flexibility index (Phi) is 7.66. The molecule has 5 rings (SSSR count). The van der Waals surface area contributed by atoms with Crippen molar-refractivity contribution in [3.8, 4) is 28.4 Å². The van der Waals surface area contributed by atoms with Gasteiger partial charge in [-0.1, -0.05) is 18.2 Å². The van der Waals surface area contributed by atoms with Gasteiger partial charge >= 0.3 is 6.09 Å². The van der Waals surface area contributed by atoms with Crippen molar-refractivity contribution in [3.05, 3.63) is 102 Å². The maximum atomic E-state index is 14.0. The van der Waals surface area contributed by atoms with Gasteiger partial charge in [-0.05, 0) is 80.8 Å². The van der Waals surface area contributed by atoms with Crippen molar-refractivity contribution in [2.24, 2.45) is 0 Å². The number of benzene rings is 3. The molecule has 7 nitrogen and oxygen atoms in total. The largest absolute Gasteiger partial charge is 0.496 e. The molecule has 0 saturated carbocycles. The maximum Gasteiger partial charge on any atom is 0.417 e. The first-order valence-corrected chi connectivity index (χ1v) is 13.2. The molecule has 0 unspecified atom stereocenters. The molecule has 3 aromatic carbocycles. The minimum atomic E-state index is -0.643. The Labute approximate surface area is 239 Å². The monoisotopic (exact) mass is 553 g/mol. The Balaban J connectivity index is 1.52. The van der Waals surface area contributed by atoms with Crippen molar-refractivity contribution >= 4 is 23.0 Å².